The maximum atomic E-state index is 13.5. The van der Waals surface area contributed by atoms with Gasteiger partial charge in [-0.1, -0.05) is 23.4 Å². The van der Waals surface area contributed by atoms with Gasteiger partial charge in [0, 0.05) is 74.6 Å². The van der Waals surface area contributed by atoms with E-state index in [9.17, 15) is 4.39 Å². The first-order valence-electron chi connectivity index (χ1n) is 11.7. The third-order valence-electron chi connectivity index (χ3n) is 6.85. The van der Waals surface area contributed by atoms with Crippen molar-refractivity contribution in [3.8, 4) is 11.8 Å². The van der Waals surface area contributed by atoms with Crippen molar-refractivity contribution in [3.05, 3.63) is 53.1 Å². The van der Waals surface area contributed by atoms with Gasteiger partial charge in [-0.05, 0) is 37.4 Å². The lowest BCUT2D eigenvalue weighted by atomic mass is 9.87. The van der Waals surface area contributed by atoms with Gasteiger partial charge >= 0.3 is 0 Å². The Morgan fingerprint density at radius 3 is 2.63 bits per heavy atom. The average Bonchev–Trinajstić information content (AvgIpc) is 2.86. The number of likely N-dealkylation sites (N-methyl/N-ethyl adjacent to an activating group) is 1. The first-order valence-corrected chi connectivity index (χ1v) is 12.1. The topological polar surface area (TPSA) is 79.5 Å². The third-order valence-corrected chi connectivity index (χ3v) is 7.14. The predicted octanol–water partition coefficient (Wildman–Crippen LogP) is 3.90. The number of ether oxygens (including phenoxy) is 1. The molecule has 0 saturated carbocycles. The second-order valence-corrected chi connectivity index (χ2v) is 9.52. The summed E-state index contributed by atoms with van der Waals surface area (Å²) in [6.07, 6.45) is 3.24. The molecule has 7 nitrogen and oxygen atoms in total. The second kappa shape index (κ2) is 9.96. The Bertz CT molecular complexity index is 1290. The quantitative estimate of drug-likeness (QED) is 0.422. The minimum Gasteiger partial charge on any atom is -0.398 e. The number of anilines is 3. The molecule has 1 aromatic heterocycles. The summed E-state index contributed by atoms with van der Waals surface area (Å²) in [5.41, 5.74) is 8.87. The maximum Gasteiger partial charge on any atom is 0.141 e. The SMILES string of the molecule is CN1CCN(C2(C#Cc3cc4ncnc(Nc5ccc(F)c(Cl)c5)c4cc3N)CCOCC2)CC1. The number of rotatable bonds is 3. The van der Waals surface area contributed by atoms with Crippen LogP contribution in [0.3, 0.4) is 0 Å². The zero-order chi connectivity index (χ0) is 24.4. The van der Waals surface area contributed by atoms with Crippen LogP contribution in [0.2, 0.25) is 5.02 Å². The van der Waals surface area contributed by atoms with Gasteiger partial charge in [-0.3, -0.25) is 4.90 Å². The van der Waals surface area contributed by atoms with Gasteiger partial charge in [-0.25, -0.2) is 14.4 Å². The number of benzene rings is 2. The number of piperazine rings is 1. The smallest absolute Gasteiger partial charge is 0.141 e. The molecule has 0 bridgehead atoms. The lowest BCUT2D eigenvalue weighted by Crippen LogP contribution is -2.57. The lowest BCUT2D eigenvalue weighted by molar-refractivity contribution is -0.0150. The Kier molecular flexibility index (Phi) is 6.76. The van der Waals surface area contributed by atoms with Gasteiger partial charge < -0.3 is 20.7 Å². The molecule has 2 aliphatic heterocycles. The molecule has 0 radical (unpaired) electrons. The summed E-state index contributed by atoms with van der Waals surface area (Å²) in [6.45, 7) is 5.48. The summed E-state index contributed by atoms with van der Waals surface area (Å²) in [7, 11) is 2.16. The number of aromatic nitrogens is 2. The zero-order valence-electron chi connectivity index (χ0n) is 19.7. The lowest BCUT2D eigenvalue weighted by Gasteiger charge is -2.46. The van der Waals surface area contributed by atoms with Crippen LogP contribution in [-0.4, -0.2) is 71.7 Å². The van der Waals surface area contributed by atoms with E-state index in [1.807, 2.05) is 12.1 Å². The van der Waals surface area contributed by atoms with Crippen molar-refractivity contribution in [1.29, 1.82) is 0 Å². The standard InChI is InChI=1S/C26H28ClFN6O/c1-33-8-10-34(11-9-33)26(6-12-35-13-7-26)5-4-18-14-24-20(16-23(18)29)25(31-17-30-24)32-19-2-3-22(28)21(27)15-19/h2-3,14-17H,6-13,29H2,1H3,(H,30,31,32). The van der Waals surface area contributed by atoms with Crippen LogP contribution in [0, 0.1) is 17.7 Å². The Morgan fingerprint density at radius 2 is 1.89 bits per heavy atom. The van der Waals surface area contributed by atoms with Gasteiger partial charge in [-0.15, -0.1) is 0 Å². The molecule has 0 spiro atoms. The number of nitrogens with zero attached hydrogens (tertiary/aromatic N) is 4. The number of hydrogen-bond acceptors (Lipinski definition) is 7. The third kappa shape index (κ3) is 5.04. The van der Waals surface area contributed by atoms with Crippen molar-refractivity contribution in [2.24, 2.45) is 0 Å². The highest BCUT2D eigenvalue weighted by Crippen LogP contribution is 2.31. The minimum absolute atomic E-state index is 0.0350. The van der Waals surface area contributed by atoms with Crippen molar-refractivity contribution < 1.29 is 9.13 Å². The van der Waals surface area contributed by atoms with Gasteiger partial charge in [0.2, 0.25) is 0 Å². The zero-order valence-corrected chi connectivity index (χ0v) is 20.4. The first kappa shape index (κ1) is 23.8. The van der Waals surface area contributed by atoms with Gasteiger partial charge in [0.25, 0.3) is 0 Å². The Labute approximate surface area is 209 Å². The predicted molar refractivity (Wildman–Crippen MR) is 137 cm³/mol. The summed E-state index contributed by atoms with van der Waals surface area (Å²) in [6, 6.07) is 8.16. The highest BCUT2D eigenvalue weighted by molar-refractivity contribution is 6.31. The van der Waals surface area contributed by atoms with Crippen molar-refractivity contribution in [3.63, 3.8) is 0 Å². The molecule has 0 aliphatic carbocycles. The van der Waals surface area contributed by atoms with Crippen LogP contribution in [0.4, 0.5) is 21.6 Å². The van der Waals surface area contributed by atoms with Crippen molar-refractivity contribution >= 4 is 39.7 Å². The molecule has 2 saturated heterocycles. The van der Waals surface area contributed by atoms with E-state index >= 15 is 0 Å². The molecule has 9 heteroatoms. The molecule has 3 N–H and O–H groups in total. The van der Waals surface area contributed by atoms with Crippen LogP contribution in [0.1, 0.15) is 18.4 Å². The molecule has 5 rings (SSSR count). The number of halogens is 2. The van der Waals surface area contributed by atoms with Gasteiger partial charge in [-0.2, -0.15) is 0 Å². The number of nitrogen functional groups attached to an aromatic ring is 1. The highest BCUT2D eigenvalue weighted by Gasteiger charge is 2.38. The van der Waals surface area contributed by atoms with Crippen LogP contribution in [0.25, 0.3) is 10.9 Å². The molecule has 35 heavy (non-hydrogen) atoms. The van der Waals surface area contributed by atoms with Crippen molar-refractivity contribution in [1.82, 2.24) is 19.8 Å². The fourth-order valence-electron chi connectivity index (χ4n) is 4.69. The summed E-state index contributed by atoms with van der Waals surface area (Å²) in [5, 5.41) is 3.96. The average molecular weight is 495 g/mol. The molecule has 2 aromatic carbocycles. The molecule has 182 valence electrons. The summed E-state index contributed by atoms with van der Waals surface area (Å²) >= 11 is 5.92. The van der Waals surface area contributed by atoms with Crippen molar-refractivity contribution in [2.75, 3.05) is 57.5 Å². The van der Waals surface area contributed by atoms with E-state index in [1.54, 1.807) is 6.07 Å². The fraction of sp³-hybridized carbons (Fsp3) is 0.385. The maximum absolute atomic E-state index is 13.5. The number of fused-ring (bicyclic) bond motifs is 1. The van der Waals surface area contributed by atoms with E-state index in [4.69, 9.17) is 22.1 Å². The van der Waals surface area contributed by atoms with Gasteiger partial charge in [0.1, 0.15) is 18.0 Å². The van der Waals surface area contributed by atoms with E-state index in [0.717, 1.165) is 55.5 Å². The van der Waals surface area contributed by atoms with E-state index in [1.165, 1.54) is 18.5 Å². The Hall–Kier alpha value is -2.96. The molecule has 3 heterocycles. The molecule has 0 amide bonds. The first-order chi connectivity index (χ1) is 16.9. The molecule has 2 fully saturated rings. The number of hydrogen-bond donors (Lipinski definition) is 2. The minimum atomic E-state index is -0.476. The Morgan fingerprint density at radius 1 is 1.11 bits per heavy atom. The van der Waals surface area contributed by atoms with E-state index < -0.39 is 5.82 Å². The van der Waals surface area contributed by atoms with Crippen LogP contribution in [0.15, 0.2) is 36.7 Å². The Balaban J connectivity index is 1.46. The monoisotopic (exact) mass is 494 g/mol. The van der Waals surface area contributed by atoms with E-state index in [0.29, 0.717) is 30.4 Å². The van der Waals surface area contributed by atoms with Crippen LogP contribution in [0.5, 0.6) is 0 Å². The number of nitrogens with one attached hydrogen (secondary N) is 1. The van der Waals surface area contributed by atoms with Crippen molar-refractivity contribution in [2.45, 2.75) is 18.4 Å². The van der Waals surface area contributed by atoms with Crippen LogP contribution < -0.4 is 11.1 Å². The largest absolute Gasteiger partial charge is 0.398 e. The molecular formula is C26H28ClFN6O. The normalized spacial score (nSPS) is 18.7. The second-order valence-electron chi connectivity index (χ2n) is 9.12. The molecular weight excluding hydrogens is 467 g/mol. The van der Waals surface area contributed by atoms with Crippen LogP contribution >= 0.6 is 11.6 Å². The summed E-state index contributed by atoms with van der Waals surface area (Å²) < 4.78 is 19.2. The highest BCUT2D eigenvalue weighted by atomic mass is 35.5. The molecule has 2 aliphatic rings. The number of nitrogens with two attached hydrogens (primary N) is 1. The van der Waals surface area contributed by atoms with Gasteiger partial charge in [0.15, 0.2) is 0 Å². The molecule has 0 unspecified atom stereocenters. The fourth-order valence-corrected chi connectivity index (χ4v) is 4.87. The van der Waals surface area contributed by atoms with Crippen LogP contribution in [-0.2, 0) is 4.74 Å². The molecule has 0 atom stereocenters. The molecule has 3 aromatic rings. The van der Waals surface area contributed by atoms with E-state index in [2.05, 4.69) is 44.0 Å². The van der Waals surface area contributed by atoms with E-state index in [-0.39, 0.29) is 10.6 Å². The summed E-state index contributed by atoms with van der Waals surface area (Å²) in [5.74, 6) is 7.06. The van der Waals surface area contributed by atoms with Gasteiger partial charge in [0.05, 0.1) is 16.1 Å². The summed E-state index contributed by atoms with van der Waals surface area (Å²) in [4.78, 5) is 13.6.